The highest BCUT2D eigenvalue weighted by atomic mass is 32.2. The van der Waals surface area contributed by atoms with E-state index in [0.717, 1.165) is 19.3 Å². The van der Waals surface area contributed by atoms with E-state index in [9.17, 15) is 8.42 Å². The summed E-state index contributed by atoms with van der Waals surface area (Å²) in [6.07, 6.45) is 4.49. The summed E-state index contributed by atoms with van der Waals surface area (Å²) in [7, 11) is -3.46. The van der Waals surface area contributed by atoms with Gasteiger partial charge in [-0.25, -0.2) is 8.42 Å². The largest absolute Gasteiger partial charge is 0.325 e. The van der Waals surface area contributed by atoms with Crippen LogP contribution < -0.4 is 5.73 Å². The normalized spacial score (nSPS) is 22.0. The Balaban J connectivity index is 2.41. The third-order valence-electron chi connectivity index (χ3n) is 3.37. The van der Waals surface area contributed by atoms with Gasteiger partial charge in [0, 0.05) is 25.3 Å². The second-order valence-corrected chi connectivity index (χ2v) is 6.47. The second-order valence-electron chi connectivity index (χ2n) is 4.61. The molecule has 2 rings (SSSR count). The van der Waals surface area contributed by atoms with Crippen LogP contribution >= 0.6 is 0 Å². The molecule has 1 aromatic heterocycles. The number of nitrogens with two attached hydrogens (primary N) is 1. The van der Waals surface area contributed by atoms with Crippen molar-refractivity contribution in [2.24, 2.45) is 5.73 Å². The van der Waals surface area contributed by atoms with E-state index in [1.54, 1.807) is 22.6 Å². The van der Waals surface area contributed by atoms with Gasteiger partial charge in [-0.05, 0) is 31.9 Å². The van der Waals surface area contributed by atoms with Crippen molar-refractivity contribution in [1.82, 2.24) is 9.29 Å². The lowest BCUT2D eigenvalue weighted by Gasteiger charge is -2.32. The first kappa shape index (κ1) is 13.5. The molecule has 1 fully saturated rings. The maximum atomic E-state index is 12.6. The summed E-state index contributed by atoms with van der Waals surface area (Å²) >= 11 is 0. The van der Waals surface area contributed by atoms with Gasteiger partial charge >= 0.3 is 0 Å². The number of pyridine rings is 1. The number of piperidine rings is 1. The van der Waals surface area contributed by atoms with Gasteiger partial charge in [0.25, 0.3) is 0 Å². The third kappa shape index (κ3) is 2.41. The SMILES string of the molecule is CC1CCCCN1S(=O)(=O)c1cccnc1CN. The van der Waals surface area contributed by atoms with Crippen molar-refractivity contribution in [3.8, 4) is 0 Å². The van der Waals surface area contributed by atoms with Gasteiger partial charge in [-0.15, -0.1) is 0 Å². The van der Waals surface area contributed by atoms with E-state index in [1.807, 2.05) is 6.92 Å². The van der Waals surface area contributed by atoms with Crippen LogP contribution in [-0.2, 0) is 16.6 Å². The van der Waals surface area contributed by atoms with E-state index in [4.69, 9.17) is 5.73 Å². The fourth-order valence-electron chi connectivity index (χ4n) is 2.37. The van der Waals surface area contributed by atoms with Crippen molar-refractivity contribution in [3.05, 3.63) is 24.0 Å². The Kier molecular flexibility index (Phi) is 3.99. The highest BCUT2D eigenvalue weighted by Gasteiger charge is 2.32. The average molecular weight is 269 g/mol. The molecule has 18 heavy (non-hydrogen) atoms. The maximum Gasteiger partial charge on any atom is 0.245 e. The van der Waals surface area contributed by atoms with Crippen LogP contribution in [0.4, 0.5) is 0 Å². The van der Waals surface area contributed by atoms with Gasteiger partial charge in [-0.3, -0.25) is 4.98 Å². The van der Waals surface area contributed by atoms with Crippen LogP contribution in [0.15, 0.2) is 23.2 Å². The number of hydrogen-bond donors (Lipinski definition) is 1. The van der Waals surface area contributed by atoms with E-state index >= 15 is 0 Å². The van der Waals surface area contributed by atoms with Crippen LogP contribution in [0.3, 0.4) is 0 Å². The summed E-state index contributed by atoms with van der Waals surface area (Å²) in [6, 6.07) is 3.28. The molecule has 1 aromatic rings. The average Bonchev–Trinajstić information content (AvgIpc) is 2.39. The fourth-order valence-corrected chi connectivity index (χ4v) is 4.25. The highest BCUT2D eigenvalue weighted by molar-refractivity contribution is 7.89. The molecule has 1 aliphatic heterocycles. The van der Waals surface area contributed by atoms with Crippen molar-refractivity contribution in [2.75, 3.05) is 6.54 Å². The first-order valence-corrected chi connectivity index (χ1v) is 7.67. The summed E-state index contributed by atoms with van der Waals surface area (Å²) in [5, 5.41) is 0. The molecule has 1 aliphatic rings. The van der Waals surface area contributed by atoms with E-state index < -0.39 is 10.0 Å². The van der Waals surface area contributed by atoms with Crippen molar-refractivity contribution in [3.63, 3.8) is 0 Å². The molecular weight excluding hydrogens is 250 g/mol. The second kappa shape index (κ2) is 5.34. The van der Waals surface area contributed by atoms with Gasteiger partial charge < -0.3 is 5.73 Å². The molecule has 2 heterocycles. The van der Waals surface area contributed by atoms with E-state index in [0.29, 0.717) is 12.2 Å². The summed E-state index contributed by atoms with van der Waals surface area (Å²) in [5.41, 5.74) is 6.01. The minimum atomic E-state index is -3.46. The zero-order valence-corrected chi connectivity index (χ0v) is 11.4. The van der Waals surface area contributed by atoms with Crippen molar-refractivity contribution >= 4 is 10.0 Å². The van der Waals surface area contributed by atoms with Gasteiger partial charge in [0.2, 0.25) is 10.0 Å². The van der Waals surface area contributed by atoms with Crippen molar-refractivity contribution in [1.29, 1.82) is 0 Å². The minimum absolute atomic E-state index is 0.0505. The monoisotopic (exact) mass is 269 g/mol. The molecule has 0 radical (unpaired) electrons. The summed E-state index contributed by atoms with van der Waals surface area (Å²) < 4.78 is 26.8. The Bertz CT molecular complexity index is 516. The van der Waals surface area contributed by atoms with E-state index in [-0.39, 0.29) is 17.5 Å². The molecule has 0 aliphatic carbocycles. The topological polar surface area (TPSA) is 76.3 Å². The smallest absolute Gasteiger partial charge is 0.245 e. The van der Waals surface area contributed by atoms with Crippen LogP contribution in [0.1, 0.15) is 31.9 Å². The van der Waals surface area contributed by atoms with E-state index in [2.05, 4.69) is 4.98 Å². The number of hydrogen-bond acceptors (Lipinski definition) is 4. The molecular formula is C12H19N3O2S. The molecule has 5 nitrogen and oxygen atoms in total. The van der Waals surface area contributed by atoms with Crippen LogP contribution in [0.2, 0.25) is 0 Å². The zero-order chi connectivity index (χ0) is 13.2. The lowest BCUT2D eigenvalue weighted by molar-refractivity contribution is 0.268. The molecule has 0 bridgehead atoms. The molecule has 0 saturated carbocycles. The summed E-state index contributed by atoms with van der Waals surface area (Å²) in [5.74, 6) is 0. The number of sulfonamides is 1. The quantitative estimate of drug-likeness (QED) is 0.891. The zero-order valence-electron chi connectivity index (χ0n) is 10.5. The Hall–Kier alpha value is -0.980. The first-order chi connectivity index (χ1) is 8.57. The molecule has 0 aromatic carbocycles. The van der Waals surface area contributed by atoms with E-state index in [1.165, 1.54) is 0 Å². The fraction of sp³-hybridized carbons (Fsp3) is 0.583. The Morgan fingerprint density at radius 3 is 2.94 bits per heavy atom. The Morgan fingerprint density at radius 1 is 1.50 bits per heavy atom. The molecule has 1 atom stereocenters. The standard InChI is InChI=1S/C12H19N3O2S/c1-10-5-2-3-8-15(10)18(16,17)12-6-4-7-14-11(12)9-13/h4,6-7,10H,2-3,5,8-9,13H2,1H3. The Morgan fingerprint density at radius 2 is 2.28 bits per heavy atom. The predicted octanol–water partition coefficient (Wildman–Crippen LogP) is 1.10. The number of rotatable bonds is 3. The molecule has 1 unspecified atom stereocenters. The first-order valence-electron chi connectivity index (χ1n) is 6.23. The van der Waals surface area contributed by atoms with Gasteiger partial charge in [-0.1, -0.05) is 6.42 Å². The molecule has 1 saturated heterocycles. The van der Waals surface area contributed by atoms with Crippen molar-refractivity contribution in [2.45, 2.75) is 43.7 Å². The molecule has 6 heteroatoms. The summed E-state index contributed by atoms with van der Waals surface area (Å²) in [6.45, 7) is 2.68. The number of aromatic nitrogens is 1. The maximum absolute atomic E-state index is 12.6. The van der Waals surface area contributed by atoms with Crippen LogP contribution in [0.5, 0.6) is 0 Å². The van der Waals surface area contributed by atoms with Gasteiger partial charge in [0.05, 0.1) is 5.69 Å². The number of nitrogens with zero attached hydrogens (tertiary/aromatic N) is 2. The third-order valence-corrected chi connectivity index (χ3v) is 5.46. The van der Waals surface area contributed by atoms with Gasteiger partial charge in [0.15, 0.2) is 0 Å². The van der Waals surface area contributed by atoms with Crippen molar-refractivity contribution < 1.29 is 8.42 Å². The van der Waals surface area contributed by atoms with Gasteiger partial charge in [0.1, 0.15) is 4.90 Å². The van der Waals surface area contributed by atoms with Crippen LogP contribution in [0.25, 0.3) is 0 Å². The van der Waals surface area contributed by atoms with Crippen LogP contribution in [-0.4, -0.2) is 30.3 Å². The molecule has 0 spiro atoms. The Labute approximate surface area is 108 Å². The lowest BCUT2D eigenvalue weighted by atomic mass is 10.1. The summed E-state index contributed by atoms with van der Waals surface area (Å²) in [4.78, 5) is 4.30. The highest BCUT2D eigenvalue weighted by Crippen LogP contribution is 2.26. The lowest BCUT2D eigenvalue weighted by Crippen LogP contribution is -2.42. The molecule has 100 valence electrons. The van der Waals surface area contributed by atoms with Crippen LogP contribution in [0, 0.1) is 0 Å². The molecule has 2 N–H and O–H groups in total. The molecule has 0 amide bonds. The predicted molar refractivity (Wildman–Crippen MR) is 69.3 cm³/mol. The van der Waals surface area contributed by atoms with Gasteiger partial charge in [-0.2, -0.15) is 4.31 Å². The minimum Gasteiger partial charge on any atom is -0.325 e.